The van der Waals surface area contributed by atoms with Crippen LogP contribution < -0.4 is 5.73 Å². The third-order valence-corrected chi connectivity index (χ3v) is 3.57. The van der Waals surface area contributed by atoms with Gasteiger partial charge >= 0.3 is 0 Å². The number of hydrogen-bond donors (Lipinski definition) is 1. The van der Waals surface area contributed by atoms with E-state index in [0.29, 0.717) is 11.6 Å². The number of hydrogen-bond acceptors (Lipinski definition) is 5. The van der Waals surface area contributed by atoms with E-state index in [0.717, 1.165) is 43.0 Å². The molecule has 0 fully saturated rings. The molecule has 5 nitrogen and oxygen atoms in total. The molecular formula is C15H22N4O. The zero-order chi connectivity index (χ0) is 14.5. The predicted octanol–water partition coefficient (Wildman–Crippen LogP) is 2.51. The number of para-hydroxylation sites is 1. The van der Waals surface area contributed by atoms with Gasteiger partial charge in [-0.1, -0.05) is 31.1 Å². The summed E-state index contributed by atoms with van der Waals surface area (Å²) in [6.45, 7) is 9.28. The number of rotatable bonds is 6. The number of nitrogens with zero attached hydrogens (tertiary/aromatic N) is 3. The van der Waals surface area contributed by atoms with Gasteiger partial charge in [0.05, 0.1) is 5.56 Å². The van der Waals surface area contributed by atoms with Crippen LogP contribution in [0.1, 0.15) is 25.2 Å². The highest BCUT2D eigenvalue weighted by Gasteiger charge is 2.13. The smallest absolute Gasteiger partial charge is 0.260 e. The Balaban J connectivity index is 2.11. The van der Waals surface area contributed by atoms with Crippen LogP contribution in [-0.4, -0.2) is 34.7 Å². The summed E-state index contributed by atoms with van der Waals surface area (Å²) < 4.78 is 5.33. The Labute approximate surface area is 119 Å². The van der Waals surface area contributed by atoms with Crippen LogP contribution in [0.3, 0.4) is 0 Å². The zero-order valence-corrected chi connectivity index (χ0v) is 12.4. The second-order valence-electron chi connectivity index (χ2n) is 4.83. The number of aromatic nitrogens is 2. The Morgan fingerprint density at radius 1 is 1.25 bits per heavy atom. The van der Waals surface area contributed by atoms with Crippen molar-refractivity contribution in [2.75, 3.05) is 25.4 Å². The van der Waals surface area contributed by atoms with Crippen LogP contribution in [-0.2, 0) is 6.42 Å². The highest BCUT2D eigenvalue weighted by atomic mass is 16.5. The van der Waals surface area contributed by atoms with Gasteiger partial charge in [-0.15, -0.1) is 0 Å². The first-order chi connectivity index (χ1) is 9.65. The van der Waals surface area contributed by atoms with E-state index in [2.05, 4.69) is 28.9 Å². The van der Waals surface area contributed by atoms with Gasteiger partial charge in [-0.05, 0) is 31.6 Å². The van der Waals surface area contributed by atoms with Crippen LogP contribution in [0.5, 0.6) is 0 Å². The molecule has 0 aliphatic heterocycles. The third kappa shape index (κ3) is 3.17. The zero-order valence-electron chi connectivity index (χ0n) is 12.4. The van der Waals surface area contributed by atoms with Gasteiger partial charge < -0.3 is 15.2 Å². The van der Waals surface area contributed by atoms with Gasteiger partial charge in [-0.2, -0.15) is 4.98 Å². The molecule has 0 bridgehead atoms. The molecule has 20 heavy (non-hydrogen) atoms. The van der Waals surface area contributed by atoms with E-state index in [4.69, 9.17) is 10.3 Å². The molecule has 0 spiro atoms. The molecule has 1 aromatic heterocycles. The number of likely N-dealkylation sites (N-methyl/N-ethyl adjacent to an activating group) is 1. The first-order valence-corrected chi connectivity index (χ1v) is 7.06. The second kappa shape index (κ2) is 6.52. The summed E-state index contributed by atoms with van der Waals surface area (Å²) in [5.41, 5.74) is 8.58. The van der Waals surface area contributed by atoms with E-state index in [9.17, 15) is 0 Å². The lowest BCUT2D eigenvalue weighted by molar-refractivity contribution is 0.303. The summed E-state index contributed by atoms with van der Waals surface area (Å²) >= 11 is 0. The largest absolute Gasteiger partial charge is 0.398 e. The van der Waals surface area contributed by atoms with Crippen LogP contribution in [0.25, 0.3) is 11.5 Å². The van der Waals surface area contributed by atoms with Gasteiger partial charge in [0.25, 0.3) is 5.89 Å². The van der Waals surface area contributed by atoms with Crippen LogP contribution in [0, 0.1) is 6.92 Å². The molecule has 1 aromatic carbocycles. The van der Waals surface area contributed by atoms with E-state index < -0.39 is 0 Å². The summed E-state index contributed by atoms with van der Waals surface area (Å²) in [5.74, 6) is 1.23. The molecule has 0 atom stereocenters. The number of nitrogens with two attached hydrogens (primary N) is 1. The monoisotopic (exact) mass is 274 g/mol. The maximum atomic E-state index is 6.05. The molecule has 0 unspecified atom stereocenters. The van der Waals surface area contributed by atoms with E-state index in [1.54, 1.807) is 0 Å². The first-order valence-electron chi connectivity index (χ1n) is 7.06. The number of aryl methyl sites for hydroxylation is 1. The first kappa shape index (κ1) is 14.5. The Hall–Kier alpha value is -1.88. The highest BCUT2D eigenvalue weighted by Crippen LogP contribution is 2.26. The topological polar surface area (TPSA) is 68.2 Å². The third-order valence-electron chi connectivity index (χ3n) is 3.57. The highest BCUT2D eigenvalue weighted by molar-refractivity contribution is 5.72. The Bertz CT molecular complexity index is 561. The van der Waals surface area contributed by atoms with Gasteiger partial charge in [0, 0.05) is 18.7 Å². The van der Waals surface area contributed by atoms with Crippen molar-refractivity contribution in [3.05, 3.63) is 29.6 Å². The van der Waals surface area contributed by atoms with Crippen molar-refractivity contribution >= 4 is 5.69 Å². The standard InChI is InChI=1S/C15H22N4O/c1-4-19(5-2)10-9-13-17-15(20-18-13)12-8-6-7-11(3)14(12)16/h6-8H,4-5,9-10,16H2,1-3H3. The molecule has 2 aromatic rings. The van der Waals surface area contributed by atoms with Crippen molar-refractivity contribution in [3.63, 3.8) is 0 Å². The number of anilines is 1. The van der Waals surface area contributed by atoms with Crippen LogP contribution in [0.4, 0.5) is 5.69 Å². The number of benzene rings is 1. The fraction of sp³-hybridized carbons (Fsp3) is 0.467. The molecule has 5 heteroatoms. The normalized spacial score (nSPS) is 11.2. The second-order valence-corrected chi connectivity index (χ2v) is 4.83. The molecular weight excluding hydrogens is 252 g/mol. The van der Waals surface area contributed by atoms with E-state index >= 15 is 0 Å². The lowest BCUT2D eigenvalue weighted by atomic mass is 10.1. The molecule has 2 rings (SSSR count). The summed E-state index contributed by atoms with van der Waals surface area (Å²) in [6, 6.07) is 5.82. The molecule has 2 N–H and O–H groups in total. The van der Waals surface area contributed by atoms with Crippen molar-refractivity contribution in [1.82, 2.24) is 15.0 Å². The van der Waals surface area contributed by atoms with Crippen LogP contribution in [0.15, 0.2) is 22.7 Å². The van der Waals surface area contributed by atoms with Crippen molar-refractivity contribution in [3.8, 4) is 11.5 Å². The minimum Gasteiger partial charge on any atom is -0.398 e. The Kier molecular flexibility index (Phi) is 4.74. The summed E-state index contributed by atoms with van der Waals surface area (Å²) in [7, 11) is 0. The Morgan fingerprint density at radius 2 is 2.00 bits per heavy atom. The van der Waals surface area contributed by atoms with E-state index in [-0.39, 0.29) is 0 Å². The molecule has 0 saturated heterocycles. The van der Waals surface area contributed by atoms with Crippen molar-refractivity contribution in [2.45, 2.75) is 27.2 Å². The quantitative estimate of drug-likeness (QED) is 0.820. The molecule has 0 radical (unpaired) electrons. The van der Waals surface area contributed by atoms with Crippen molar-refractivity contribution in [2.24, 2.45) is 0 Å². The molecule has 0 aliphatic carbocycles. The molecule has 108 valence electrons. The average Bonchev–Trinajstić information content (AvgIpc) is 2.92. The lowest BCUT2D eigenvalue weighted by Gasteiger charge is -2.16. The maximum absolute atomic E-state index is 6.05. The summed E-state index contributed by atoms with van der Waals surface area (Å²) in [6.07, 6.45) is 0.789. The van der Waals surface area contributed by atoms with Gasteiger partial charge in [-0.3, -0.25) is 0 Å². The average molecular weight is 274 g/mol. The van der Waals surface area contributed by atoms with E-state index in [1.165, 1.54) is 0 Å². The van der Waals surface area contributed by atoms with Crippen LogP contribution in [0.2, 0.25) is 0 Å². The summed E-state index contributed by atoms with van der Waals surface area (Å²) in [5, 5.41) is 4.04. The van der Waals surface area contributed by atoms with Gasteiger partial charge in [0.15, 0.2) is 5.82 Å². The molecule has 0 aliphatic rings. The minimum absolute atomic E-state index is 0.501. The molecule has 0 amide bonds. The van der Waals surface area contributed by atoms with Crippen molar-refractivity contribution < 1.29 is 4.52 Å². The predicted molar refractivity (Wildman–Crippen MR) is 80.4 cm³/mol. The number of nitrogen functional groups attached to an aromatic ring is 1. The Morgan fingerprint density at radius 3 is 2.70 bits per heavy atom. The SMILES string of the molecule is CCN(CC)CCc1noc(-c2cccc(C)c2N)n1. The van der Waals surface area contributed by atoms with Gasteiger partial charge in [0.1, 0.15) is 0 Å². The van der Waals surface area contributed by atoms with Crippen LogP contribution >= 0.6 is 0 Å². The minimum atomic E-state index is 0.501. The molecule has 0 saturated carbocycles. The van der Waals surface area contributed by atoms with Gasteiger partial charge in [0.2, 0.25) is 0 Å². The fourth-order valence-electron chi connectivity index (χ4n) is 2.13. The van der Waals surface area contributed by atoms with E-state index in [1.807, 2.05) is 25.1 Å². The molecule has 1 heterocycles. The lowest BCUT2D eigenvalue weighted by Crippen LogP contribution is -2.25. The van der Waals surface area contributed by atoms with Gasteiger partial charge in [-0.25, -0.2) is 0 Å². The fourth-order valence-corrected chi connectivity index (χ4v) is 2.13. The summed E-state index contributed by atoms with van der Waals surface area (Å²) in [4.78, 5) is 6.77. The van der Waals surface area contributed by atoms with Crippen molar-refractivity contribution in [1.29, 1.82) is 0 Å². The maximum Gasteiger partial charge on any atom is 0.260 e.